The van der Waals surface area contributed by atoms with E-state index in [-0.39, 0.29) is 5.91 Å². The quantitative estimate of drug-likeness (QED) is 0.502. The highest BCUT2D eigenvalue weighted by atomic mass is 16.1. The van der Waals surface area contributed by atoms with Gasteiger partial charge in [-0.2, -0.15) is 5.10 Å². The fourth-order valence-corrected chi connectivity index (χ4v) is 3.20. The molecule has 0 spiro atoms. The fourth-order valence-electron chi connectivity index (χ4n) is 3.20. The van der Waals surface area contributed by atoms with Gasteiger partial charge in [0.1, 0.15) is 0 Å². The molecule has 2 aromatic carbocycles. The molecule has 0 aliphatic heterocycles. The van der Waals surface area contributed by atoms with Gasteiger partial charge in [0.2, 0.25) is 5.96 Å². The largest absolute Gasteiger partial charge is 0.326 e. The van der Waals surface area contributed by atoms with Crippen LogP contribution in [-0.4, -0.2) is 21.6 Å². The van der Waals surface area contributed by atoms with Crippen LogP contribution in [0.15, 0.2) is 47.5 Å². The molecular formula is C24H29N5O. The van der Waals surface area contributed by atoms with Crippen LogP contribution in [0.1, 0.15) is 44.0 Å². The molecule has 1 aromatic heterocycles. The second-order valence-corrected chi connectivity index (χ2v) is 7.70. The van der Waals surface area contributed by atoms with E-state index in [2.05, 4.69) is 21.8 Å². The van der Waals surface area contributed by atoms with Crippen molar-refractivity contribution in [2.45, 2.75) is 41.2 Å². The second-order valence-electron chi connectivity index (χ2n) is 7.70. The summed E-state index contributed by atoms with van der Waals surface area (Å²) in [6, 6.07) is 13.6. The third-order valence-corrected chi connectivity index (χ3v) is 5.25. The maximum Gasteiger partial charge on any atom is 0.257 e. The van der Waals surface area contributed by atoms with Crippen molar-refractivity contribution in [3.8, 4) is 0 Å². The van der Waals surface area contributed by atoms with Gasteiger partial charge in [-0.25, -0.2) is 4.99 Å². The van der Waals surface area contributed by atoms with Crippen molar-refractivity contribution < 1.29 is 4.79 Å². The van der Waals surface area contributed by atoms with Crippen molar-refractivity contribution in [1.82, 2.24) is 15.1 Å². The number of aromatic nitrogens is 2. The third-order valence-electron chi connectivity index (χ3n) is 5.25. The number of benzene rings is 2. The molecule has 1 amide bonds. The summed E-state index contributed by atoms with van der Waals surface area (Å²) in [5.74, 6) is 0.211. The van der Waals surface area contributed by atoms with E-state index < -0.39 is 0 Å². The first-order valence-corrected chi connectivity index (χ1v) is 10.0. The van der Waals surface area contributed by atoms with E-state index >= 15 is 0 Å². The van der Waals surface area contributed by atoms with E-state index in [0.717, 1.165) is 39.3 Å². The summed E-state index contributed by atoms with van der Waals surface area (Å²) in [5.41, 5.74) is 7.88. The average molecular weight is 404 g/mol. The number of nitrogens with one attached hydrogen (secondary N) is 2. The number of amides is 1. The first kappa shape index (κ1) is 21.3. The fraction of sp³-hybridized carbons (Fsp3) is 0.292. The van der Waals surface area contributed by atoms with Gasteiger partial charge in [-0.15, -0.1) is 0 Å². The summed E-state index contributed by atoms with van der Waals surface area (Å²) in [4.78, 5) is 17.5. The number of guanidine groups is 1. The highest BCUT2D eigenvalue weighted by Gasteiger charge is 2.13. The lowest BCUT2D eigenvalue weighted by Gasteiger charge is -2.14. The van der Waals surface area contributed by atoms with Crippen molar-refractivity contribution in [2.75, 3.05) is 5.32 Å². The topological polar surface area (TPSA) is 71.3 Å². The minimum atomic E-state index is -0.203. The summed E-state index contributed by atoms with van der Waals surface area (Å²) in [5, 5.41) is 10.7. The summed E-state index contributed by atoms with van der Waals surface area (Å²) < 4.78 is 1.85. The zero-order chi connectivity index (χ0) is 21.8. The van der Waals surface area contributed by atoms with Crippen molar-refractivity contribution in [1.29, 1.82) is 0 Å². The van der Waals surface area contributed by atoms with Crippen LogP contribution < -0.4 is 10.6 Å². The highest BCUT2D eigenvalue weighted by molar-refractivity contribution is 6.10. The monoisotopic (exact) mass is 403 g/mol. The Bertz CT molecular complexity index is 1090. The Hall–Kier alpha value is -3.41. The van der Waals surface area contributed by atoms with E-state index in [9.17, 15) is 4.79 Å². The van der Waals surface area contributed by atoms with E-state index in [1.165, 1.54) is 0 Å². The molecule has 0 radical (unpaired) electrons. The van der Waals surface area contributed by atoms with E-state index in [0.29, 0.717) is 18.1 Å². The van der Waals surface area contributed by atoms with Crippen LogP contribution in [0.3, 0.4) is 0 Å². The molecular weight excluding hydrogens is 374 g/mol. The number of nitrogens with zero attached hydrogens (tertiary/aromatic N) is 3. The van der Waals surface area contributed by atoms with Crippen molar-refractivity contribution in [3.63, 3.8) is 0 Å². The number of anilines is 1. The number of carbonyl (C=O) groups is 1. The number of aliphatic imine (C=N–C) groups is 1. The van der Waals surface area contributed by atoms with Gasteiger partial charge >= 0.3 is 0 Å². The lowest BCUT2D eigenvalue weighted by atomic mass is 10.1. The molecule has 0 bridgehead atoms. The smallest absolute Gasteiger partial charge is 0.257 e. The number of aryl methyl sites for hydroxylation is 5. The summed E-state index contributed by atoms with van der Waals surface area (Å²) in [6.45, 7) is 10.5. The zero-order valence-corrected chi connectivity index (χ0v) is 18.5. The zero-order valence-electron chi connectivity index (χ0n) is 18.5. The average Bonchev–Trinajstić information content (AvgIpc) is 2.94. The summed E-state index contributed by atoms with van der Waals surface area (Å²) in [7, 11) is 1.92. The Balaban J connectivity index is 1.89. The normalized spacial score (nSPS) is 11.5. The van der Waals surface area contributed by atoms with Crippen molar-refractivity contribution in [2.24, 2.45) is 12.0 Å². The molecule has 0 aliphatic carbocycles. The van der Waals surface area contributed by atoms with Gasteiger partial charge in [-0.3, -0.25) is 14.8 Å². The molecule has 6 heteroatoms. The Labute approximate surface area is 178 Å². The van der Waals surface area contributed by atoms with Crippen molar-refractivity contribution >= 4 is 17.6 Å². The maximum atomic E-state index is 12.8. The Kier molecular flexibility index (Phi) is 6.35. The van der Waals surface area contributed by atoms with Gasteiger partial charge in [0.25, 0.3) is 5.91 Å². The molecule has 3 rings (SSSR count). The number of rotatable bonds is 4. The molecule has 3 aromatic rings. The molecule has 0 saturated carbocycles. The number of hydrogen-bond donors (Lipinski definition) is 2. The first-order chi connectivity index (χ1) is 14.2. The number of hydrogen-bond acceptors (Lipinski definition) is 3. The molecule has 0 fully saturated rings. The van der Waals surface area contributed by atoms with Crippen LogP contribution in [0.25, 0.3) is 0 Å². The Morgan fingerprint density at radius 1 is 1.00 bits per heavy atom. The van der Waals surface area contributed by atoms with Crippen LogP contribution in [0, 0.1) is 34.6 Å². The van der Waals surface area contributed by atoms with Gasteiger partial charge in [-0.05, 0) is 63.9 Å². The lowest BCUT2D eigenvalue weighted by Crippen LogP contribution is -2.36. The van der Waals surface area contributed by atoms with Crippen LogP contribution in [0.5, 0.6) is 0 Å². The molecule has 1 heterocycles. The number of carbonyl (C=O) groups excluding carboxylic acids is 1. The molecule has 0 unspecified atom stereocenters. The minimum absolute atomic E-state index is 0.203. The van der Waals surface area contributed by atoms with E-state index in [1.54, 1.807) is 0 Å². The van der Waals surface area contributed by atoms with E-state index in [4.69, 9.17) is 4.99 Å². The standard InChI is InChI=1S/C24H29N5O/c1-15-8-11-20(12-9-15)23(30)27-24(26-22-13-16(2)7-10-17(22)3)25-14-21-18(4)28-29(6)19(21)5/h7-13H,14H2,1-6H3,(H2,25,26,27,30). The van der Waals surface area contributed by atoms with Crippen molar-refractivity contribution in [3.05, 3.63) is 81.7 Å². The Morgan fingerprint density at radius 3 is 2.30 bits per heavy atom. The van der Waals surface area contributed by atoms with E-state index in [1.807, 2.05) is 82.7 Å². The Morgan fingerprint density at radius 2 is 1.67 bits per heavy atom. The molecule has 2 N–H and O–H groups in total. The molecule has 156 valence electrons. The van der Waals surface area contributed by atoms with Crippen LogP contribution in [0.4, 0.5) is 5.69 Å². The summed E-state index contributed by atoms with van der Waals surface area (Å²) >= 11 is 0. The SMILES string of the molecule is Cc1ccc(C(=O)NC(=NCc2c(C)nn(C)c2C)Nc2cc(C)ccc2C)cc1. The lowest BCUT2D eigenvalue weighted by molar-refractivity contribution is 0.0977. The minimum Gasteiger partial charge on any atom is -0.326 e. The first-order valence-electron chi connectivity index (χ1n) is 10.0. The van der Waals surface area contributed by atoms with Crippen LogP contribution in [0.2, 0.25) is 0 Å². The molecule has 0 saturated heterocycles. The highest BCUT2D eigenvalue weighted by Crippen LogP contribution is 2.17. The molecule has 30 heavy (non-hydrogen) atoms. The van der Waals surface area contributed by atoms with Gasteiger partial charge in [0.15, 0.2) is 0 Å². The second kappa shape index (κ2) is 8.95. The maximum absolute atomic E-state index is 12.8. The summed E-state index contributed by atoms with van der Waals surface area (Å²) in [6.07, 6.45) is 0. The van der Waals surface area contributed by atoms with Gasteiger partial charge < -0.3 is 5.32 Å². The molecule has 0 aliphatic rings. The molecule has 6 nitrogen and oxygen atoms in total. The van der Waals surface area contributed by atoms with Gasteiger partial charge in [0.05, 0.1) is 12.2 Å². The van der Waals surface area contributed by atoms with Gasteiger partial charge in [-0.1, -0.05) is 29.8 Å². The molecule has 0 atom stereocenters. The van der Waals surface area contributed by atoms with Crippen LogP contribution in [-0.2, 0) is 13.6 Å². The third kappa shape index (κ3) is 4.95. The predicted octanol–water partition coefficient (Wildman–Crippen LogP) is 4.36. The van der Waals surface area contributed by atoms with Gasteiger partial charge in [0, 0.05) is 29.6 Å². The van der Waals surface area contributed by atoms with Crippen LogP contribution >= 0.6 is 0 Å². The predicted molar refractivity (Wildman–Crippen MR) is 122 cm³/mol.